The Balaban J connectivity index is 5.18. The Bertz CT molecular complexity index is 168. The summed E-state index contributed by atoms with van der Waals surface area (Å²) in [4.78, 5) is 10.4. The third kappa shape index (κ3) is 1.74. The Morgan fingerprint density at radius 1 is 0.786 bits per heavy atom. The molecule has 0 fully saturated rings. The van der Waals surface area contributed by atoms with Crippen molar-refractivity contribution in [3.05, 3.63) is 0 Å². The SMILES string of the molecule is O=CC(CF)(CF)C(CF)(CF)CF. The monoisotopic (exact) mass is 218 g/mol. The van der Waals surface area contributed by atoms with Crippen LogP contribution in [0.4, 0.5) is 22.0 Å². The second kappa shape index (κ2) is 5.26. The van der Waals surface area contributed by atoms with Crippen molar-refractivity contribution in [1.29, 1.82) is 0 Å². The maximum absolute atomic E-state index is 12.4. The van der Waals surface area contributed by atoms with Gasteiger partial charge in [0.1, 0.15) is 39.7 Å². The minimum Gasteiger partial charge on any atom is -0.303 e. The predicted molar refractivity (Wildman–Crippen MR) is 40.8 cm³/mol. The van der Waals surface area contributed by atoms with Gasteiger partial charge in [0.05, 0.1) is 10.8 Å². The number of aldehydes is 1. The first kappa shape index (κ1) is 13.3. The van der Waals surface area contributed by atoms with Gasteiger partial charge in [0.2, 0.25) is 0 Å². The second-order valence-electron chi connectivity index (χ2n) is 3.22. The molecule has 0 aromatic carbocycles. The topological polar surface area (TPSA) is 17.1 Å². The van der Waals surface area contributed by atoms with Crippen LogP contribution in [0.15, 0.2) is 0 Å². The Morgan fingerprint density at radius 2 is 1.14 bits per heavy atom. The van der Waals surface area contributed by atoms with Gasteiger partial charge in [-0.1, -0.05) is 0 Å². The number of halogens is 5. The van der Waals surface area contributed by atoms with Crippen molar-refractivity contribution in [3.8, 4) is 0 Å². The molecule has 6 heteroatoms. The predicted octanol–water partition coefficient (Wildman–Crippen LogP) is 2.01. The van der Waals surface area contributed by atoms with Gasteiger partial charge in [-0.05, 0) is 0 Å². The first-order chi connectivity index (χ1) is 6.61. The molecule has 0 unspecified atom stereocenters. The Labute approximate surface area is 78.3 Å². The van der Waals surface area contributed by atoms with Crippen LogP contribution in [0.3, 0.4) is 0 Å². The summed E-state index contributed by atoms with van der Waals surface area (Å²) >= 11 is 0. The molecule has 84 valence electrons. The molecule has 0 heterocycles. The molecule has 0 aromatic heterocycles. The van der Waals surface area contributed by atoms with Crippen molar-refractivity contribution in [2.45, 2.75) is 0 Å². The molecule has 0 bridgehead atoms. The molecule has 0 atom stereocenters. The van der Waals surface area contributed by atoms with E-state index in [0.29, 0.717) is 0 Å². The quantitative estimate of drug-likeness (QED) is 0.472. The third-order valence-corrected chi connectivity index (χ3v) is 2.53. The van der Waals surface area contributed by atoms with Crippen LogP contribution in [-0.4, -0.2) is 39.7 Å². The van der Waals surface area contributed by atoms with Crippen molar-refractivity contribution in [3.63, 3.8) is 0 Å². The van der Waals surface area contributed by atoms with E-state index in [2.05, 4.69) is 0 Å². The minimum absolute atomic E-state index is 0.244. The molecule has 0 saturated heterocycles. The Kier molecular flexibility index (Phi) is 5.01. The van der Waals surface area contributed by atoms with E-state index >= 15 is 0 Å². The van der Waals surface area contributed by atoms with Crippen molar-refractivity contribution in [2.75, 3.05) is 33.4 Å². The standard InChI is InChI=1S/C8H11F5O/c9-1-7(2-10,3-11)8(4-12,5-13)6-14/h6H,1-5H2. The van der Waals surface area contributed by atoms with Crippen molar-refractivity contribution >= 4 is 6.29 Å². The maximum Gasteiger partial charge on any atom is 0.132 e. The third-order valence-electron chi connectivity index (χ3n) is 2.53. The lowest BCUT2D eigenvalue weighted by Gasteiger charge is -2.38. The molecule has 0 aliphatic heterocycles. The highest BCUT2D eigenvalue weighted by atomic mass is 19.2. The van der Waals surface area contributed by atoms with Crippen LogP contribution in [-0.2, 0) is 4.79 Å². The van der Waals surface area contributed by atoms with Gasteiger partial charge in [0.15, 0.2) is 0 Å². The Morgan fingerprint density at radius 3 is 1.21 bits per heavy atom. The van der Waals surface area contributed by atoms with E-state index in [1.54, 1.807) is 0 Å². The van der Waals surface area contributed by atoms with E-state index < -0.39 is 44.2 Å². The van der Waals surface area contributed by atoms with Crippen LogP contribution in [0.5, 0.6) is 0 Å². The van der Waals surface area contributed by atoms with Crippen LogP contribution < -0.4 is 0 Å². The molecule has 0 rings (SSSR count). The first-order valence-corrected chi connectivity index (χ1v) is 3.88. The zero-order valence-corrected chi connectivity index (χ0v) is 7.41. The van der Waals surface area contributed by atoms with E-state index in [4.69, 9.17) is 0 Å². The van der Waals surface area contributed by atoms with E-state index in [0.717, 1.165) is 0 Å². The lowest BCUT2D eigenvalue weighted by atomic mass is 9.67. The average molecular weight is 218 g/mol. The summed E-state index contributed by atoms with van der Waals surface area (Å²) in [6, 6.07) is 0. The molecule has 14 heavy (non-hydrogen) atoms. The largest absolute Gasteiger partial charge is 0.303 e. The average Bonchev–Trinajstić information content (AvgIpc) is 2.27. The summed E-state index contributed by atoms with van der Waals surface area (Å²) in [5.74, 6) is 0. The summed E-state index contributed by atoms with van der Waals surface area (Å²) in [6.45, 7) is -8.10. The fourth-order valence-electron chi connectivity index (χ4n) is 1.01. The Hall–Kier alpha value is -0.680. The molecule has 0 aromatic rings. The van der Waals surface area contributed by atoms with Crippen LogP contribution in [0, 0.1) is 10.8 Å². The first-order valence-electron chi connectivity index (χ1n) is 3.88. The highest BCUT2D eigenvalue weighted by Crippen LogP contribution is 2.40. The molecular formula is C8H11F5O. The molecule has 0 saturated carbocycles. The lowest BCUT2D eigenvalue weighted by molar-refractivity contribution is -0.133. The summed E-state index contributed by atoms with van der Waals surface area (Å²) in [7, 11) is 0. The fourth-order valence-corrected chi connectivity index (χ4v) is 1.01. The van der Waals surface area contributed by atoms with Crippen molar-refractivity contribution in [1.82, 2.24) is 0 Å². The van der Waals surface area contributed by atoms with Crippen LogP contribution in [0.1, 0.15) is 0 Å². The van der Waals surface area contributed by atoms with Gasteiger partial charge >= 0.3 is 0 Å². The van der Waals surface area contributed by atoms with E-state index in [1.165, 1.54) is 0 Å². The molecule has 0 spiro atoms. The van der Waals surface area contributed by atoms with E-state index in [9.17, 15) is 26.7 Å². The number of rotatable bonds is 7. The molecule has 0 radical (unpaired) electrons. The fraction of sp³-hybridized carbons (Fsp3) is 0.875. The van der Waals surface area contributed by atoms with Gasteiger partial charge in [-0.2, -0.15) is 0 Å². The number of hydrogen-bond acceptors (Lipinski definition) is 1. The molecule has 1 nitrogen and oxygen atoms in total. The van der Waals surface area contributed by atoms with Crippen molar-refractivity contribution < 1.29 is 26.7 Å². The molecule has 0 aliphatic rings. The van der Waals surface area contributed by atoms with Gasteiger partial charge in [-0.15, -0.1) is 0 Å². The van der Waals surface area contributed by atoms with E-state index in [1.807, 2.05) is 0 Å². The number of alkyl halides is 5. The van der Waals surface area contributed by atoms with Gasteiger partial charge in [-0.3, -0.25) is 13.2 Å². The second-order valence-corrected chi connectivity index (χ2v) is 3.22. The van der Waals surface area contributed by atoms with Gasteiger partial charge < -0.3 is 4.79 Å². The molecule has 0 amide bonds. The maximum atomic E-state index is 12.4. The normalized spacial score (nSPS) is 12.9. The van der Waals surface area contributed by atoms with Gasteiger partial charge in [-0.25, -0.2) is 8.78 Å². The van der Waals surface area contributed by atoms with Crippen LogP contribution in [0.2, 0.25) is 0 Å². The summed E-state index contributed by atoms with van der Waals surface area (Å²) in [5, 5.41) is 0. The van der Waals surface area contributed by atoms with Crippen LogP contribution >= 0.6 is 0 Å². The number of carbonyl (C=O) groups is 1. The number of hydrogen-bond donors (Lipinski definition) is 0. The lowest BCUT2D eigenvalue weighted by Crippen LogP contribution is -2.51. The van der Waals surface area contributed by atoms with Crippen molar-refractivity contribution in [2.24, 2.45) is 10.8 Å². The molecule has 0 aliphatic carbocycles. The number of carbonyl (C=O) groups excluding carboxylic acids is 1. The highest BCUT2D eigenvalue weighted by molar-refractivity contribution is 5.62. The molecular weight excluding hydrogens is 207 g/mol. The zero-order valence-electron chi connectivity index (χ0n) is 7.41. The van der Waals surface area contributed by atoms with Crippen LogP contribution in [0.25, 0.3) is 0 Å². The molecule has 0 N–H and O–H groups in total. The van der Waals surface area contributed by atoms with E-state index in [-0.39, 0.29) is 6.29 Å². The smallest absolute Gasteiger partial charge is 0.132 e. The summed E-state index contributed by atoms with van der Waals surface area (Å²) < 4.78 is 62.0. The summed E-state index contributed by atoms with van der Waals surface area (Å²) in [6.07, 6.45) is -0.244. The van der Waals surface area contributed by atoms with Gasteiger partial charge in [0, 0.05) is 0 Å². The summed E-state index contributed by atoms with van der Waals surface area (Å²) in [5.41, 5.74) is -5.08. The van der Waals surface area contributed by atoms with Gasteiger partial charge in [0.25, 0.3) is 0 Å². The zero-order chi connectivity index (χ0) is 11.2. The minimum atomic E-state index is -2.55. The highest BCUT2D eigenvalue weighted by Gasteiger charge is 2.53.